The van der Waals surface area contributed by atoms with Gasteiger partial charge in [0.05, 0.1) is 32.8 Å². The van der Waals surface area contributed by atoms with E-state index >= 15 is 0 Å². The lowest BCUT2D eigenvalue weighted by Crippen LogP contribution is -2.57. The molecule has 1 aromatic carbocycles. The Labute approximate surface area is 186 Å². The van der Waals surface area contributed by atoms with Crippen molar-refractivity contribution >= 4 is 24.2 Å². The highest BCUT2D eigenvalue weighted by molar-refractivity contribution is 5.75. The fraction of sp³-hybridized carbons (Fsp3) is 0.545. The fourth-order valence-electron chi connectivity index (χ4n) is 4.09. The summed E-state index contributed by atoms with van der Waals surface area (Å²) in [6, 6.07) is 5.83. The van der Waals surface area contributed by atoms with Crippen LogP contribution in [0, 0.1) is 0 Å². The maximum Gasteiger partial charge on any atom is 0.325 e. The number of aldehydes is 1. The van der Waals surface area contributed by atoms with Crippen LogP contribution in [0.4, 0.5) is 0 Å². The number of nitrogens with zero attached hydrogens (tertiary/aromatic N) is 2. The SMILES string of the molecule is CCOc1ccc(OC(=O)CN(CC=O)[C@@H]2CCCC[C@H]2N(CC(=O)O)CC(=O)O)cc1. The number of carboxylic acids is 2. The molecule has 0 unspecified atom stereocenters. The Kier molecular flexibility index (Phi) is 10.1. The number of esters is 1. The van der Waals surface area contributed by atoms with Gasteiger partial charge in [-0.1, -0.05) is 12.8 Å². The first-order chi connectivity index (χ1) is 15.3. The van der Waals surface area contributed by atoms with Gasteiger partial charge in [0.15, 0.2) is 0 Å². The zero-order chi connectivity index (χ0) is 23.5. The molecular weight excluding hydrogens is 420 g/mol. The van der Waals surface area contributed by atoms with E-state index in [0.717, 1.165) is 12.8 Å². The van der Waals surface area contributed by atoms with Crippen molar-refractivity contribution in [3.8, 4) is 11.5 Å². The summed E-state index contributed by atoms with van der Waals surface area (Å²) in [5, 5.41) is 18.5. The molecule has 0 spiro atoms. The predicted octanol–water partition coefficient (Wildman–Crippen LogP) is 1.27. The Hall–Kier alpha value is -2.98. The lowest BCUT2D eigenvalue weighted by molar-refractivity contribution is -0.145. The van der Waals surface area contributed by atoms with E-state index in [4.69, 9.17) is 9.47 Å². The third kappa shape index (κ3) is 7.93. The van der Waals surface area contributed by atoms with Gasteiger partial charge in [-0.3, -0.25) is 24.2 Å². The number of carbonyl (C=O) groups excluding carboxylic acids is 2. The molecule has 0 amide bonds. The first-order valence-electron chi connectivity index (χ1n) is 10.6. The maximum absolute atomic E-state index is 12.6. The van der Waals surface area contributed by atoms with Crippen molar-refractivity contribution in [2.75, 3.05) is 32.8 Å². The van der Waals surface area contributed by atoms with Crippen molar-refractivity contribution in [3.05, 3.63) is 24.3 Å². The summed E-state index contributed by atoms with van der Waals surface area (Å²) in [6.07, 6.45) is 3.51. The number of ether oxygens (including phenoxy) is 2. The Bertz CT molecular complexity index is 767. The number of benzene rings is 1. The van der Waals surface area contributed by atoms with Crippen LogP contribution in [-0.2, 0) is 19.2 Å². The van der Waals surface area contributed by atoms with Gasteiger partial charge < -0.3 is 24.5 Å². The highest BCUT2D eigenvalue weighted by Crippen LogP contribution is 2.27. The first kappa shape index (κ1) is 25.3. The molecule has 10 nitrogen and oxygen atoms in total. The minimum atomic E-state index is -1.13. The van der Waals surface area contributed by atoms with Gasteiger partial charge in [-0.2, -0.15) is 0 Å². The first-order valence-corrected chi connectivity index (χ1v) is 10.6. The average molecular weight is 450 g/mol. The topological polar surface area (TPSA) is 134 Å². The van der Waals surface area contributed by atoms with Crippen molar-refractivity contribution in [1.29, 1.82) is 0 Å². The number of carbonyl (C=O) groups is 4. The monoisotopic (exact) mass is 450 g/mol. The minimum Gasteiger partial charge on any atom is -0.494 e. The zero-order valence-electron chi connectivity index (χ0n) is 18.1. The largest absolute Gasteiger partial charge is 0.494 e. The van der Waals surface area contributed by atoms with Crippen LogP contribution in [-0.4, -0.2) is 89.1 Å². The van der Waals surface area contributed by atoms with Crippen molar-refractivity contribution in [1.82, 2.24) is 9.80 Å². The molecule has 176 valence electrons. The van der Waals surface area contributed by atoms with Crippen LogP contribution in [0.3, 0.4) is 0 Å². The molecule has 2 atom stereocenters. The third-order valence-electron chi connectivity index (χ3n) is 5.32. The summed E-state index contributed by atoms with van der Waals surface area (Å²) in [5.41, 5.74) is 0. The molecule has 1 aromatic rings. The number of carboxylic acid groups (broad SMARTS) is 2. The number of aliphatic carboxylic acids is 2. The molecule has 1 aliphatic carbocycles. The minimum absolute atomic E-state index is 0.0481. The molecule has 1 aliphatic rings. The summed E-state index contributed by atoms with van der Waals surface area (Å²) in [7, 11) is 0. The van der Waals surface area contributed by atoms with Gasteiger partial charge in [-0.05, 0) is 44.0 Å². The summed E-state index contributed by atoms with van der Waals surface area (Å²) in [5.74, 6) is -1.84. The molecule has 0 radical (unpaired) electrons. The molecule has 2 rings (SSSR count). The van der Waals surface area contributed by atoms with Crippen LogP contribution in [0.5, 0.6) is 11.5 Å². The van der Waals surface area contributed by atoms with Crippen LogP contribution in [0.25, 0.3) is 0 Å². The Morgan fingerprint density at radius 3 is 1.97 bits per heavy atom. The molecule has 10 heteroatoms. The van der Waals surface area contributed by atoms with Crippen molar-refractivity contribution in [2.45, 2.75) is 44.7 Å². The molecule has 0 bridgehead atoms. The van der Waals surface area contributed by atoms with Gasteiger partial charge in [-0.25, -0.2) is 0 Å². The van der Waals surface area contributed by atoms with Crippen LogP contribution in [0.15, 0.2) is 24.3 Å². The molecular formula is C22H30N2O8. The second kappa shape index (κ2) is 12.8. The Balaban J connectivity index is 2.12. The fourth-order valence-corrected chi connectivity index (χ4v) is 4.09. The van der Waals surface area contributed by atoms with E-state index in [9.17, 15) is 29.4 Å². The molecule has 32 heavy (non-hydrogen) atoms. The summed E-state index contributed by atoms with van der Waals surface area (Å²) < 4.78 is 10.7. The summed E-state index contributed by atoms with van der Waals surface area (Å²) in [6.45, 7) is 1.29. The zero-order valence-corrected chi connectivity index (χ0v) is 18.1. The van der Waals surface area contributed by atoms with Gasteiger partial charge in [0.1, 0.15) is 17.8 Å². The van der Waals surface area contributed by atoms with E-state index in [2.05, 4.69) is 0 Å². The standard InChI is InChI=1S/C22H30N2O8/c1-2-31-16-7-9-17(10-8-16)32-22(30)15-23(11-12-25)18-5-3-4-6-19(18)24(13-20(26)27)14-21(28)29/h7-10,12,18-19H,2-6,11,13-15H2,1H3,(H,26,27)(H,28,29)/t18-,19-/m1/s1. The normalized spacial score (nSPS) is 18.3. The van der Waals surface area contributed by atoms with Gasteiger partial charge in [-0.15, -0.1) is 0 Å². The van der Waals surface area contributed by atoms with Crippen LogP contribution in [0.1, 0.15) is 32.6 Å². The molecule has 2 N–H and O–H groups in total. The second-order valence-corrected chi connectivity index (χ2v) is 7.59. The van der Waals surface area contributed by atoms with Gasteiger partial charge >= 0.3 is 17.9 Å². The highest BCUT2D eigenvalue weighted by atomic mass is 16.5. The smallest absolute Gasteiger partial charge is 0.325 e. The quantitative estimate of drug-likeness (QED) is 0.257. The summed E-state index contributed by atoms with van der Waals surface area (Å²) in [4.78, 5) is 49.5. The van der Waals surface area contributed by atoms with E-state index in [1.165, 1.54) is 4.90 Å². The Morgan fingerprint density at radius 2 is 1.47 bits per heavy atom. The number of hydrogen-bond acceptors (Lipinski definition) is 8. The maximum atomic E-state index is 12.6. The van der Waals surface area contributed by atoms with Gasteiger partial charge in [0.2, 0.25) is 0 Å². The van der Waals surface area contributed by atoms with E-state index < -0.39 is 37.0 Å². The molecule has 0 saturated heterocycles. The van der Waals surface area contributed by atoms with Crippen LogP contribution >= 0.6 is 0 Å². The molecule has 0 aromatic heterocycles. The van der Waals surface area contributed by atoms with Crippen LogP contribution < -0.4 is 9.47 Å². The lowest BCUT2D eigenvalue weighted by atomic mass is 9.87. The van der Waals surface area contributed by atoms with Gasteiger partial charge in [0.25, 0.3) is 0 Å². The molecule has 0 aliphatic heterocycles. The van der Waals surface area contributed by atoms with Crippen LogP contribution in [0.2, 0.25) is 0 Å². The van der Waals surface area contributed by atoms with Crippen molar-refractivity contribution < 1.29 is 38.9 Å². The lowest BCUT2D eigenvalue weighted by Gasteiger charge is -2.43. The van der Waals surface area contributed by atoms with E-state index in [1.807, 2.05) is 6.92 Å². The third-order valence-corrected chi connectivity index (χ3v) is 5.32. The second-order valence-electron chi connectivity index (χ2n) is 7.59. The number of rotatable bonds is 13. The predicted molar refractivity (Wildman–Crippen MR) is 114 cm³/mol. The van der Waals surface area contributed by atoms with Crippen molar-refractivity contribution in [2.24, 2.45) is 0 Å². The highest BCUT2D eigenvalue weighted by Gasteiger charge is 2.36. The average Bonchev–Trinajstić information content (AvgIpc) is 2.74. The molecule has 0 heterocycles. The van der Waals surface area contributed by atoms with Crippen molar-refractivity contribution in [3.63, 3.8) is 0 Å². The van der Waals surface area contributed by atoms with E-state index in [0.29, 0.717) is 37.2 Å². The molecule has 1 fully saturated rings. The van der Waals surface area contributed by atoms with Gasteiger partial charge in [0, 0.05) is 12.1 Å². The number of hydrogen-bond donors (Lipinski definition) is 2. The Morgan fingerprint density at radius 1 is 0.938 bits per heavy atom. The summed E-state index contributed by atoms with van der Waals surface area (Å²) >= 11 is 0. The van der Waals surface area contributed by atoms with E-state index in [1.54, 1.807) is 29.2 Å². The van der Waals surface area contributed by atoms with E-state index in [-0.39, 0.29) is 19.1 Å². The molecule has 1 saturated carbocycles.